The zero-order chi connectivity index (χ0) is 14.7. The van der Waals surface area contributed by atoms with E-state index in [1.807, 2.05) is 19.1 Å². The summed E-state index contributed by atoms with van der Waals surface area (Å²) in [6.07, 6.45) is 0. The first kappa shape index (κ1) is 14.8. The van der Waals surface area contributed by atoms with Crippen LogP contribution in [-0.4, -0.2) is 4.92 Å². The first-order chi connectivity index (χ1) is 9.47. The van der Waals surface area contributed by atoms with Crippen LogP contribution < -0.4 is 5.32 Å². The Morgan fingerprint density at radius 1 is 1.25 bits per heavy atom. The summed E-state index contributed by atoms with van der Waals surface area (Å²) in [6, 6.07) is 12.9. The molecule has 5 heteroatoms. The molecule has 0 radical (unpaired) electrons. The van der Waals surface area contributed by atoms with E-state index < -0.39 is 0 Å². The van der Waals surface area contributed by atoms with Gasteiger partial charge in [0.05, 0.1) is 4.92 Å². The minimum atomic E-state index is -0.370. The van der Waals surface area contributed by atoms with Gasteiger partial charge in [-0.25, -0.2) is 0 Å². The van der Waals surface area contributed by atoms with Crippen molar-refractivity contribution in [1.29, 1.82) is 0 Å². The SMILES string of the molecule is Cc1ccc(NC(C)c2cccc([N+](=O)[O-])c2)cc1I. The zero-order valence-electron chi connectivity index (χ0n) is 11.3. The second-order valence-corrected chi connectivity index (χ2v) is 5.84. The second kappa shape index (κ2) is 6.21. The third-order valence-electron chi connectivity index (χ3n) is 3.14. The molecule has 0 saturated heterocycles. The lowest BCUT2D eigenvalue weighted by Crippen LogP contribution is -2.07. The smallest absolute Gasteiger partial charge is 0.269 e. The molecule has 0 aliphatic carbocycles. The molecule has 0 saturated carbocycles. The highest BCUT2D eigenvalue weighted by Gasteiger charge is 2.11. The number of nitro benzene ring substituents is 1. The maximum absolute atomic E-state index is 10.8. The predicted molar refractivity (Wildman–Crippen MR) is 89.0 cm³/mol. The van der Waals surface area contributed by atoms with E-state index in [0.29, 0.717) is 0 Å². The Labute approximate surface area is 131 Å². The van der Waals surface area contributed by atoms with Crippen LogP contribution in [0.2, 0.25) is 0 Å². The van der Waals surface area contributed by atoms with Crippen molar-refractivity contribution in [3.63, 3.8) is 0 Å². The van der Waals surface area contributed by atoms with Crippen LogP contribution in [0.1, 0.15) is 24.1 Å². The van der Waals surface area contributed by atoms with Crippen molar-refractivity contribution in [2.45, 2.75) is 19.9 Å². The summed E-state index contributed by atoms with van der Waals surface area (Å²) < 4.78 is 1.19. The van der Waals surface area contributed by atoms with Crippen molar-refractivity contribution < 1.29 is 4.92 Å². The van der Waals surface area contributed by atoms with Crippen LogP contribution in [0.3, 0.4) is 0 Å². The van der Waals surface area contributed by atoms with Crippen LogP contribution in [0.4, 0.5) is 11.4 Å². The van der Waals surface area contributed by atoms with Gasteiger partial charge in [-0.2, -0.15) is 0 Å². The molecule has 20 heavy (non-hydrogen) atoms. The van der Waals surface area contributed by atoms with Gasteiger partial charge < -0.3 is 5.32 Å². The fourth-order valence-electron chi connectivity index (χ4n) is 1.92. The van der Waals surface area contributed by atoms with Crippen molar-refractivity contribution in [3.8, 4) is 0 Å². The molecule has 104 valence electrons. The van der Waals surface area contributed by atoms with Crippen molar-refractivity contribution >= 4 is 34.0 Å². The lowest BCUT2D eigenvalue weighted by Gasteiger charge is -2.16. The number of halogens is 1. The maximum Gasteiger partial charge on any atom is 0.269 e. The topological polar surface area (TPSA) is 55.2 Å². The van der Waals surface area contributed by atoms with Gasteiger partial charge in [-0.05, 0) is 59.7 Å². The van der Waals surface area contributed by atoms with Crippen LogP contribution in [-0.2, 0) is 0 Å². The lowest BCUT2D eigenvalue weighted by atomic mass is 10.1. The molecule has 0 amide bonds. The second-order valence-electron chi connectivity index (χ2n) is 4.68. The van der Waals surface area contributed by atoms with Crippen LogP contribution in [0, 0.1) is 20.6 Å². The number of nitro groups is 1. The molecule has 2 rings (SSSR count). The molecule has 0 aliphatic rings. The average molecular weight is 382 g/mol. The zero-order valence-corrected chi connectivity index (χ0v) is 13.4. The standard InChI is InChI=1S/C15H15IN2O2/c1-10-6-7-13(9-15(10)16)17-11(2)12-4-3-5-14(8-12)18(19)20/h3-9,11,17H,1-2H3. The Morgan fingerprint density at radius 2 is 2.00 bits per heavy atom. The monoisotopic (exact) mass is 382 g/mol. The normalized spacial score (nSPS) is 11.9. The molecule has 2 aromatic rings. The molecule has 4 nitrogen and oxygen atoms in total. The van der Waals surface area contributed by atoms with Crippen molar-refractivity contribution in [2.24, 2.45) is 0 Å². The largest absolute Gasteiger partial charge is 0.378 e. The van der Waals surface area contributed by atoms with Crippen LogP contribution in [0.5, 0.6) is 0 Å². The Bertz CT molecular complexity index is 644. The maximum atomic E-state index is 10.8. The number of rotatable bonds is 4. The molecular weight excluding hydrogens is 367 g/mol. The number of nitrogens with zero attached hydrogens (tertiary/aromatic N) is 1. The van der Waals surface area contributed by atoms with Crippen molar-refractivity contribution in [3.05, 3.63) is 67.3 Å². The number of benzene rings is 2. The lowest BCUT2D eigenvalue weighted by molar-refractivity contribution is -0.384. The van der Waals surface area contributed by atoms with E-state index in [4.69, 9.17) is 0 Å². The van der Waals surface area contributed by atoms with Crippen LogP contribution in [0.25, 0.3) is 0 Å². The number of anilines is 1. The minimum Gasteiger partial charge on any atom is -0.378 e. The summed E-state index contributed by atoms with van der Waals surface area (Å²) in [5.41, 5.74) is 3.27. The summed E-state index contributed by atoms with van der Waals surface area (Å²) in [5, 5.41) is 14.2. The summed E-state index contributed by atoms with van der Waals surface area (Å²) in [6.45, 7) is 4.06. The average Bonchev–Trinajstić information content (AvgIpc) is 2.43. The van der Waals surface area contributed by atoms with E-state index in [-0.39, 0.29) is 16.7 Å². The van der Waals surface area contributed by atoms with Crippen molar-refractivity contribution in [2.75, 3.05) is 5.32 Å². The molecule has 1 atom stereocenters. The minimum absolute atomic E-state index is 0.00778. The van der Waals surface area contributed by atoms with Gasteiger partial charge >= 0.3 is 0 Å². The van der Waals surface area contributed by atoms with E-state index in [9.17, 15) is 10.1 Å². The van der Waals surface area contributed by atoms with Gasteiger partial charge in [-0.3, -0.25) is 10.1 Å². The molecule has 0 aliphatic heterocycles. The number of non-ortho nitro benzene ring substituents is 1. The number of hydrogen-bond acceptors (Lipinski definition) is 3. The Balaban J connectivity index is 2.19. The van der Waals surface area contributed by atoms with Gasteiger partial charge in [-0.1, -0.05) is 18.2 Å². The molecular formula is C15H15IN2O2. The van der Waals surface area contributed by atoms with E-state index >= 15 is 0 Å². The van der Waals surface area contributed by atoms with E-state index in [1.165, 1.54) is 15.2 Å². The quantitative estimate of drug-likeness (QED) is 0.475. The van der Waals surface area contributed by atoms with Gasteiger partial charge in [0.2, 0.25) is 0 Å². The fourth-order valence-corrected chi connectivity index (χ4v) is 2.44. The molecule has 0 bridgehead atoms. The molecule has 2 aromatic carbocycles. The van der Waals surface area contributed by atoms with Crippen LogP contribution in [0.15, 0.2) is 42.5 Å². The van der Waals surface area contributed by atoms with E-state index in [0.717, 1.165) is 11.3 Å². The van der Waals surface area contributed by atoms with Gasteiger partial charge in [0.1, 0.15) is 0 Å². The Morgan fingerprint density at radius 3 is 2.65 bits per heavy atom. The van der Waals surface area contributed by atoms with Crippen molar-refractivity contribution in [1.82, 2.24) is 0 Å². The summed E-state index contributed by atoms with van der Waals surface area (Å²) in [5.74, 6) is 0. The first-order valence-electron chi connectivity index (χ1n) is 6.24. The van der Waals surface area contributed by atoms with Gasteiger partial charge in [0, 0.05) is 27.4 Å². The third-order valence-corrected chi connectivity index (χ3v) is 4.30. The van der Waals surface area contributed by atoms with E-state index in [1.54, 1.807) is 12.1 Å². The molecule has 0 aromatic heterocycles. The van der Waals surface area contributed by atoms with Crippen LogP contribution >= 0.6 is 22.6 Å². The van der Waals surface area contributed by atoms with E-state index in [2.05, 4.69) is 47.0 Å². The summed E-state index contributed by atoms with van der Waals surface area (Å²) in [4.78, 5) is 10.4. The van der Waals surface area contributed by atoms with Gasteiger partial charge in [-0.15, -0.1) is 0 Å². The highest BCUT2D eigenvalue weighted by atomic mass is 127. The number of nitrogens with one attached hydrogen (secondary N) is 1. The molecule has 1 N–H and O–H groups in total. The molecule has 1 unspecified atom stereocenters. The Kier molecular flexibility index (Phi) is 4.59. The molecule has 0 fully saturated rings. The highest BCUT2D eigenvalue weighted by Crippen LogP contribution is 2.24. The number of aryl methyl sites for hydroxylation is 1. The van der Waals surface area contributed by atoms with Gasteiger partial charge in [0.15, 0.2) is 0 Å². The highest BCUT2D eigenvalue weighted by molar-refractivity contribution is 14.1. The third kappa shape index (κ3) is 3.47. The summed E-state index contributed by atoms with van der Waals surface area (Å²) in [7, 11) is 0. The molecule has 0 heterocycles. The first-order valence-corrected chi connectivity index (χ1v) is 7.32. The fraction of sp³-hybridized carbons (Fsp3) is 0.200. The molecule has 0 spiro atoms. The predicted octanol–water partition coefficient (Wildman–Crippen LogP) is 4.68. The Hall–Kier alpha value is -1.63. The van der Waals surface area contributed by atoms with Gasteiger partial charge in [0.25, 0.3) is 5.69 Å². The number of hydrogen-bond donors (Lipinski definition) is 1. The summed E-state index contributed by atoms with van der Waals surface area (Å²) >= 11 is 2.30.